The predicted molar refractivity (Wildman–Crippen MR) is 79.3 cm³/mol. The summed E-state index contributed by atoms with van der Waals surface area (Å²) in [5.74, 6) is -0.567. The summed E-state index contributed by atoms with van der Waals surface area (Å²) in [4.78, 5) is 11.7. The topological polar surface area (TPSA) is 100 Å². The molecule has 0 bridgehead atoms. The zero-order chi connectivity index (χ0) is 16.3. The summed E-state index contributed by atoms with van der Waals surface area (Å²) in [6.45, 7) is 1.92. The lowest BCUT2D eigenvalue weighted by molar-refractivity contribution is -0.141. The second kappa shape index (κ2) is 6.95. The van der Waals surface area contributed by atoms with Gasteiger partial charge in [-0.25, -0.2) is 5.43 Å². The molecule has 0 radical (unpaired) electrons. The normalized spacial score (nSPS) is 25.7. The molecule has 1 fully saturated rings. The number of carbonyl (C=O) groups is 1. The van der Waals surface area contributed by atoms with Crippen molar-refractivity contribution in [2.24, 2.45) is 5.92 Å². The third-order valence-corrected chi connectivity index (χ3v) is 4.11. The number of esters is 1. The van der Waals surface area contributed by atoms with Crippen molar-refractivity contribution in [1.29, 1.82) is 0 Å². The predicted octanol–water partition coefficient (Wildman–Crippen LogP) is 0.478. The van der Waals surface area contributed by atoms with E-state index < -0.39 is 6.23 Å². The Labute approximate surface area is 129 Å². The van der Waals surface area contributed by atoms with Crippen LogP contribution in [0.5, 0.6) is 11.5 Å². The molecule has 1 aromatic carbocycles. The van der Waals surface area contributed by atoms with Crippen LogP contribution in [0.25, 0.3) is 0 Å². The van der Waals surface area contributed by atoms with Gasteiger partial charge in [0.15, 0.2) is 11.5 Å². The fourth-order valence-electron chi connectivity index (χ4n) is 2.93. The van der Waals surface area contributed by atoms with Gasteiger partial charge in [-0.2, -0.15) is 0 Å². The van der Waals surface area contributed by atoms with Crippen LogP contribution in [0.4, 0.5) is 0 Å². The van der Waals surface area contributed by atoms with Crippen molar-refractivity contribution in [3.05, 3.63) is 23.8 Å². The zero-order valence-electron chi connectivity index (χ0n) is 12.9. The SMILES string of the molecule is COC(=O)CC(c1ccc(OC)c(O)c1)C1C(C)NNC1O. The minimum Gasteiger partial charge on any atom is -0.504 e. The molecule has 22 heavy (non-hydrogen) atoms. The van der Waals surface area contributed by atoms with Gasteiger partial charge in [-0.1, -0.05) is 6.07 Å². The van der Waals surface area contributed by atoms with Gasteiger partial charge < -0.3 is 19.7 Å². The number of aromatic hydroxyl groups is 1. The van der Waals surface area contributed by atoms with Crippen molar-refractivity contribution in [2.75, 3.05) is 14.2 Å². The Morgan fingerprint density at radius 3 is 2.59 bits per heavy atom. The summed E-state index contributed by atoms with van der Waals surface area (Å²) >= 11 is 0. The Hall–Kier alpha value is -1.83. The van der Waals surface area contributed by atoms with Gasteiger partial charge in [0.05, 0.1) is 20.6 Å². The third kappa shape index (κ3) is 3.32. The highest BCUT2D eigenvalue weighted by atomic mass is 16.5. The number of ether oxygens (including phenoxy) is 2. The monoisotopic (exact) mass is 310 g/mol. The Kier molecular flexibility index (Phi) is 5.23. The lowest BCUT2D eigenvalue weighted by Crippen LogP contribution is -2.33. The molecule has 1 aliphatic heterocycles. The smallest absolute Gasteiger partial charge is 0.306 e. The van der Waals surface area contributed by atoms with Crippen LogP contribution in [0.15, 0.2) is 18.2 Å². The van der Waals surface area contributed by atoms with Gasteiger partial charge in [-0.3, -0.25) is 10.2 Å². The summed E-state index contributed by atoms with van der Waals surface area (Å²) in [5.41, 5.74) is 6.46. The fourth-order valence-corrected chi connectivity index (χ4v) is 2.93. The Morgan fingerprint density at radius 2 is 2.09 bits per heavy atom. The van der Waals surface area contributed by atoms with Crippen molar-refractivity contribution in [2.45, 2.75) is 31.5 Å². The number of hydrogen-bond donors (Lipinski definition) is 4. The third-order valence-electron chi connectivity index (χ3n) is 4.11. The van der Waals surface area contributed by atoms with E-state index in [4.69, 9.17) is 9.47 Å². The number of phenolic OH excluding ortho intramolecular Hbond substituents is 1. The second-order valence-electron chi connectivity index (χ2n) is 5.42. The minimum atomic E-state index is -0.797. The number of methoxy groups -OCH3 is 2. The van der Waals surface area contributed by atoms with Crippen LogP contribution in [0.1, 0.15) is 24.8 Å². The van der Waals surface area contributed by atoms with Gasteiger partial charge in [0.1, 0.15) is 6.23 Å². The molecule has 1 aromatic rings. The molecule has 2 rings (SSSR count). The summed E-state index contributed by atoms with van der Waals surface area (Å²) < 4.78 is 9.79. The zero-order valence-corrected chi connectivity index (χ0v) is 12.9. The number of hydrazine groups is 1. The highest BCUT2D eigenvalue weighted by molar-refractivity contribution is 5.70. The van der Waals surface area contributed by atoms with Crippen LogP contribution in [0, 0.1) is 5.92 Å². The average molecular weight is 310 g/mol. The number of phenols is 1. The number of benzene rings is 1. The molecule has 0 aliphatic carbocycles. The van der Waals surface area contributed by atoms with Gasteiger partial charge >= 0.3 is 5.97 Å². The van der Waals surface area contributed by atoms with Gasteiger partial charge in [-0.15, -0.1) is 0 Å². The molecular weight excluding hydrogens is 288 g/mol. The first kappa shape index (κ1) is 16.5. The van der Waals surface area contributed by atoms with E-state index in [2.05, 4.69) is 10.9 Å². The quantitative estimate of drug-likeness (QED) is 0.587. The highest BCUT2D eigenvalue weighted by Crippen LogP contribution is 2.38. The van der Waals surface area contributed by atoms with Gasteiger partial charge in [0.2, 0.25) is 0 Å². The Bertz CT molecular complexity index is 527. The van der Waals surface area contributed by atoms with Crippen LogP contribution < -0.4 is 15.6 Å². The van der Waals surface area contributed by atoms with Crippen LogP contribution in [-0.2, 0) is 9.53 Å². The van der Waals surface area contributed by atoms with Crippen molar-refractivity contribution in [1.82, 2.24) is 10.9 Å². The lowest BCUT2D eigenvalue weighted by atomic mass is 9.79. The van der Waals surface area contributed by atoms with Gasteiger partial charge in [-0.05, 0) is 24.6 Å². The molecular formula is C15H22N2O5. The van der Waals surface area contributed by atoms with E-state index in [9.17, 15) is 15.0 Å². The van der Waals surface area contributed by atoms with Gasteiger partial charge in [0.25, 0.3) is 0 Å². The Balaban J connectivity index is 2.35. The molecule has 4 unspecified atom stereocenters. The van der Waals surface area contributed by atoms with E-state index in [1.165, 1.54) is 14.2 Å². The van der Waals surface area contributed by atoms with Crippen LogP contribution >= 0.6 is 0 Å². The molecule has 0 saturated carbocycles. The molecule has 7 nitrogen and oxygen atoms in total. The number of aliphatic hydroxyl groups excluding tert-OH is 1. The maximum atomic E-state index is 11.7. The molecule has 1 aliphatic rings. The number of aliphatic hydroxyl groups is 1. The molecule has 7 heteroatoms. The molecule has 4 N–H and O–H groups in total. The summed E-state index contributed by atoms with van der Waals surface area (Å²) in [5, 5.41) is 20.1. The molecule has 1 saturated heterocycles. The van der Waals surface area contributed by atoms with Crippen molar-refractivity contribution in [3.63, 3.8) is 0 Å². The van der Waals surface area contributed by atoms with E-state index in [1.807, 2.05) is 6.92 Å². The van der Waals surface area contributed by atoms with Gasteiger partial charge in [0, 0.05) is 17.9 Å². The first-order valence-corrected chi connectivity index (χ1v) is 7.10. The first-order chi connectivity index (χ1) is 10.5. The minimum absolute atomic E-state index is 0.00377. The molecule has 0 aromatic heterocycles. The molecule has 4 atom stereocenters. The van der Waals surface area contributed by atoms with Crippen molar-refractivity contribution in [3.8, 4) is 11.5 Å². The molecule has 0 amide bonds. The maximum Gasteiger partial charge on any atom is 0.306 e. The van der Waals surface area contributed by atoms with E-state index in [1.54, 1.807) is 18.2 Å². The molecule has 122 valence electrons. The van der Waals surface area contributed by atoms with Crippen molar-refractivity contribution < 1.29 is 24.5 Å². The van der Waals surface area contributed by atoms with Crippen molar-refractivity contribution >= 4 is 5.97 Å². The number of carbonyl (C=O) groups excluding carboxylic acids is 1. The number of rotatable bonds is 5. The molecule has 0 spiro atoms. The fraction of sp³-hybridized carbons (Fsp3) is 0.533. The Morgan fingerprint density at radius 1 is 1.36 bits per heavy atom. The van der Waals surface area contributed by atoms with Crippen LogP contribution in [0.2, 0.25) is 0 Å². The number of nitrogens with one attached hydrogen (secondary N) is 2. The van der Waals surface area contributed by atoms with E-state index in [0.717, 1.165) is 5.56 Å². The van der Waals surface area contributed by atoms with E-state index >= 15 is 0 Å². The summed E-state index contributed by atoms with van der Waals surface area (Å²) in [7, 11) is 2.80. The number of hydrogen-bond acceptors (Lipinski definition) is 7. The molecule has 1 heterocycles. The van der Waals surface area contributed by atoms with E-state index in [0.29, 0.717) is 5.75 Å². The average Bonchev–Trinajstić information content (AvgIpc) is 2.83. The summed E-state index contributed by atoms with van der Waals surface area (Å²) in [6.07, 6.45) is -0.688. The second-order valence-corrected chi connectivity index (χ2v) is 5.42. The lowest BCUT2D eigenvalue weighted by Gasteiger charge is -2.27. The first-order valence-electron chi connectivity index (χ1n) is 7.10. The highest BCUT2D eigenvalue weighted by Gasteiger charge is 2.39. The largest absolute Gasteiger partial charge is 0.504 e. The van der Waals surface area contributed by atoms with E-state index in [-0.39, 0.29) is 36.0 Å². The maximum absolute atomic E-state index is 11.7. The summed E-state index contributed by atoms with van der Waals surface area (Å²) in [6, 6.07) is 4.93. The van der Waals surface area contributed by atoms with Crippen LogP contribution in [0.3, 0.4) is 0 Å². The standard InChI is InChI=1S/C15H22N2O5/c1-8-14(15(20)17-16-8)10(7-13(19)22-3)9-4-5-12(21-2)11(18)6-9/h4-6,8,10,14-18,20H,7H2,1-3H3. The van der Waals surface area contributed by atoms with Crippen LogP contribution in [-0.4, -0.2) is 42.7 Å².